The fraction of sp³-hybridized carbons (Fsp3) is 0.957. The third-order valence-electron chi connectivity index (χ3n) is 19.3. The molecule has 366 valence electrons. The summed E-state index contributed by atoms with van der Waals surface area (Å²) < 4.78 is 43.5. The molecule has 17 heteroatoms. The highest BCUT2D eigenvalue weighted by atomic mass is 16.8. The number of ether oxygens (including phenoxy) is 7. The van der Waals surface area contributed by atoms with Crippen molar-refractivity contribution in [1.82, 2.24) is 0 Å². The van der Waals surface area contributed by atoms with Crippen molar-refractivity contribution in [3.05, 3.63) is 11.6 Å². The van der Waals surface area contributed by atoms with Crippen molar-refractivity contribution in [2.24, 2.45) is 50.2 Å². The van der Waals surface area contributed by atoms with Crippen LogP contribution in [-0.2, 0) is 33.2 Å². The van der Waals surface area contributed by atoms with Crippen LogP contribution in [0.25, 0.3) is 0 Å². The molecular formula is C47H76O17. The minimum absolute atomic E-state index is 0.0145. The molecule has 0 spiro atoms. The van der Waals surface area contributed by atoms with Crippen LogP contribution >= 0.6 is 0 Å². The number of aliphatic hydroxyl groups excluding tert-OH is 10. The Labute approximate surface area is 376 Å². The van der Waals surface area contributed by atoms with Gasteiger partial charge in [0.05, 0.1) is 50.3 Å². The van der Waals surface area contributed by atoms with E-state index < -0.39 is 117 Å². The molecule has 0 amide bonds. The van der Waals surface area contributed by atoms with Gasteiger partial charge in [-0.25, -0.2) is 0 Å². The maximum Gasteiger partial charge on any atom is 0.187 e. The van der Waals surface area contributed by atoms with E-state index in [1.54, 1.807) is 6.92 Å². The smallest absolute Gasteiger partial charge is 0.187 e. The van der Waals surface area contributed by atoms with E-state index in [0.717, 1.165) is 32.1 Å². The second-order valence-electron chi connectivity index (χ2n) is 23.4. The lowest BCUT2D eigenvalue weighted by molar-refractivity contribution is -0.393. The maximum atomic E-state index is 12.6. The van der Waals surface area contributed by atoms with Crippen LogP contribution < -0.4 is 0 Å². The van der Waals surface area contributed by atoms with Crippen molar-refractivity contribution >= 4 is 0 Å². The molecular weight excluding hydrogens is 837 g/mol. The average molecular weight is 913 g/mol. The van der Waals surface area contributed by atoms with Gasteiger partial charge in [0.1, 0.15) is 61.0 Å². The van der Waals surface area contributed by atoms with E-state index in [-0.39, 0.29) is 63.6 Å². The van der Waals surface area contributed by atoms with Crippen molar-refractivity contribution in [2.75, 3.05) is 19.8 Å². The van der Waals surface area contributed by atoms with E-state index in [1.807, 2.05) is 0 Å². The molecule has 4 heterocycles. The van der Waals surface area contributed by atoms with Crippen LogP contribution in [0.1, 0.15) is 100 Å². The number of hydrogen-bond acceptors (Lipinski definition) is 17. The van der Waals surface area contributed by atoms with E-state index in [0.29, 0.717) is 12.8 Å². The van der Waals surface area contributed by atoms with Gasteiger partial charge >= 0.3 is 0 Å². The van der Waals surface area contributed by atoms with Gasteiger partial charge in [0, 0.05) is 16.7 Å². The van der Waals surface area contributed by atoms with Crippen molar-refractivity contribution in [2.45, 2.75) is 211 Å². The molecule has 5 aliphatic carbocycles. The Morgan fingerprint density at radius 3 is 2.00 bits per heavy atom. The summed E-state index contributed by atoms with van der Waals surface area (Å²) in [6.07, 6.45) is -14.5. The molecule has 10 N–H and O–H groups in total. The molecule has 0 radical (unpaired) electrons. The van der Waals surface area contributed by atoms with Crippen LogP contribution in [-0.4, -0.2) is 181 Å². The third kappa shape index (κ3) is 6.95. The summed E-state index contributed by atoms with van der Waals surface area (Å²) in [5.74, 6) is 0.0866. The molecule has 0 aromatic rings. The highest BCUT2D eigenvalue weighted by Crippen LogP contribution is 2.79. The summed E-state index contributed by atoms with van der Waals surface area (Å²) >= 11 is 0. The quantitative estimate of drug-likeness (QED) is 0.0888. The largest absolute Gasteiger partial charge is 0.396 e. The number of fused-ring (bicyclic) bond motifs is 10. The number of rotatable bonds is 8. The van der Waals surface area contributed by atoms with Crippen LogP contribution in [0.2, 0.25) is 0 Å². The monoisotopic (exact) mass is 913 g/mol. The van der Waals surface area contributed by atoms with Crippen molar-refractivity contribution in [3.63, 3.8) is 0 Å². The van der Waals surface area contributed by atoms with Crippen molar-refractivity contribution in [3.8, 4) is 0 Å². The third-order valence-corrected chi connectivity index (χ3v) is 19.3. The first-order chi connectivity index (χ1) is 29.9. The molecule has 0 bridgehead atoms. The molecule has 0 aromatic carbocycles. The molecule has 9 rings (SSSR count). The first-order valence-electron chi connectivity index (χ1n) is 23.8. The lowest BCUT2D eigenvalue weighted by atomic mass is 9.33. The Kier molecular flexibility index (Phi) is 12.3. The first kappa shape index (κ1) is 48.1. The number of epoxide rings is 1. The predicted octanol–water partition coefficient (Wildman–Crippen LogP) is 0.239. The first-order valence-corrected chi connectivity index (χ1v) is 23.8. The number of aliphatic hydroxyl groups is 10. The Hall–Kier alpha value is -0.940. The Balaban J connectivity index is 0.980. The second kappa shape index (κ2) is 16.3. The Morgan fingerprint density at radius 2 is 1.33 bits per heavy atom. The molecule has 4 aliphatic heterocycles. The van der Waals surface area contributed by atoms with Gasteiger partial charge < -0.3 is 84.2 Å². The molecule has 9 aliphatic rings. The molecule has 0 aromatic heterocycles. The Bertz CT molecular complexity index is 1760. The van der Waals surface area contributed by atoms with Gasteiger partial charge in [0.25, 0.3) is 0 Å². The lowest BCUT2D eigenvalue weighted by Crippen LogP contribution is -2.69. The zero-order valence-electron chi connectivity index (χ0n) is 38.6. The molecule has 17 nitrogen and oxygen atoms in total. The fourth-order valence-corrected chi connectivity index (χ4v) is 15.4. The zero-order valence-corrected chi connectivity index (χ0v) is 38.6. The number of hydrogen-bond donors (Lipinski definition) is 10. The van der Waals surface area contributed by atoms with Crippen molar-refractivity contribution < 1.29 is 84.2 Å². The predicted molar refractivity (Wildman–Crippen MR) is 223 cm³/mol. The summed E-state index contributed by atoms with van der Waals surface area (Å²) in [5.41, 5.74) is -0.453. The van der Waals surface area contributed by atoms with Gasteiger partial charge in [-0.1, -0.05) is 60.1 Å². The normalized spacial score (nSPS) is 57.5. The van der Waals surface area contributed by atoms with Crippen LogP contribution in [0.5, 0.6) is 0 Å². The molecule has 8 fully saturated rings. The van der Waals surface area contributed by atoms with E-state index in [4.69, 9.17) is 33.2 Å². The van der Waals surface area contributed by atoms with E-state index in [9.17, 15) is 51.1 Å². The van der Waals surface area contributed by atoms with E-state index >= 15 is 0 Å². The molecule has 4 saturated heterocycles. The molecule has 25 atom stereocenters. The summed E-state index contributed by atoms with van der Waals surface area (Å²) in [6.45, 7) is 16.6. The molecule has 64 heavy (non-hydrogen) atoms. The van der Waals surface area contributed by atoms with Gasteiger partial charge in [0.2, 0.25) is 0 Å². The molecule has 25 unspecified atom stereocenters. The van der Waals surface area contributed by atoms with Gasteiger partial charge in [-0.3, -0.25) is 0 Å². The summed E-state index contributed by atoms with van der Waals surface area (Å²) in [7, 11) is 0. The summed E-state index contributed by atoms with van der Waals surface area (Å²) in [4.78, 5) is 0. The standard InChI is InChI=1S/C47H76O17/c1-20-28(52)31(55)34(63-41-35(32(56)30(54)25(17-48)60-41)62-39-33(57)29(53)24(51)18-58-39)40(59-20)61-27-10-11-44(6)26(43(27,4)5)9-12-45(7)36(44)23(50)15-21-22-16-42(2,3)13-14-47(22,19-49)38-37(64-38)46(21,45)8/h15,20,22-41,48-57H,9-14,16-19H2,1-8H3. The van der Waals surface area contributed by atoms with Crippen LogP contribution in [0.15, 0.2) is 11.6 Å². The van der Waals surface area contributed by atoms with Crippen LogP contribution in [0, 0.1) is 50.2 Å². The van der Waals surface area contributed by atoms with Crippen molar-refractivity contribution in [1.29, 1.82) is 0 Å². The van der Waals surface area contributed by atoms with Gasteiger partial charge in [-0.05, 0) is 85.4 Å². The highest BCUT2D eigenvalue weighted by molar-refractivity contribution is 5.41. The minimum Gasteiger partial charge on any atom is -0.396 e. The average Bonchev–Trinajstić information content (AvgIpc) is 4.05. The van der Waals surface area contributed by atoms with E-state index in [1.165, 1.54) is 5.57 Å². The fourth-order valence-electron chi connectivity index (χ4n) is 15.4. The zero-order chi connectivity index (χ0) is 46.4. The second-order valence-corrected chi connectivity index (χ2v) is 23.4. The Morgan fingerprint density at radius 1 is 0.672 bits per heavy atom. The van der Waals surface area contributed by atoms with Gasteiger partial charge in [-0.2, -0.15) is 0 Å². The lowest BCUT2D eigenvalue weighted by Gasteiger charge is -2.71. The van der Waals surface area contributed by atoms with Crippen LogP contribution in [0.4, 0.5) is 0 Å². The molecule has 4 saturated carbocycles. The minimum atomic E-state index is -1.80. The topological polar surface area (TPSA) is 270 Å². The van der Waals surface area contributed by atoms with E-state index in [2.05, 4.69) is 54.5 Å². The summed E-state index contributed by atoms with van der Waals surface area (Å²) in [6, 6.07) is 0. The SMILES string of the molecule is CC1OC(OC2CCC3(C)C(CCC4(C)C3C(O)C=C3C5CC(C)(C)CCC5(CO)C5OC5C34C)C2(C)C)C(OC2OC(CO)C(O)C(O)C2OC2OCC(O)C(O)C2O)C(O)C1O. The van der Waals surface area contributed by atoms with Gasteiger partial charge in [0.15, 0.2) is 18.9 Å². The highest BCUT2D eigenvalue weighted by Gasteiger charge is 2.79. The summed E-state index contributed by atoms with van der Waals surface area (Å²) in [5, 5.41) is 110. The van der Waals surface area contributed by atoms with Gasteiger partial charge in [-0.15, -0.1) is 0 Å². The van der Waals surface area contributed by atoms with Crippen LogP contribution in [0.3, 0.4) is 0 Å². The maximum absolute atomic E-state index is 12.6.